The first-order valence-corrected chi connectivity index (χ1v) is 10.3. The van der Waals surface area contributed by atoms with Gasteiger partial charge in [0.1, 0.15) is 41.2 Å². The van der Waals surface area contributed by atoms with E-state index in [2.05, 4.69) is 5.94 Å². The van der Waals surface area contributed by atoms with Crippen molar-refractivity contribution >= 4 is 11.9 Å². The Labute approximate surface area is 187 Å². The Kier molecular flexibility index (Phi) is 7.51. The number of rotatable bonds is 7. The molecule has 1 aliphatic heterocycles. The first-order chi connectivity index (χ1) is 15.4. The molecule has 0 radical (unpaired) electrons. The Bertz CT molecular complexity index is 1000. The highest BCUT2D eigenvalue weighted by molar-refractivity contribution is 5.92. The van der Waals surface area contributed by atoms with Gasteiger partial charge in [0.25, 0.3) is 0 Å². The minimum Gasteiger partial charge on any atom is -0.497 e. The normalized spacial score (nSPS) is 18.8. The Hall–Kier alpha value is -3.35. The number of ether oxygens (including phenoxy) is 3. The van der Waals surface area contributed by atoms with Crippen LogP contribution in [0, 0.1) is 5.82 Å². The molecule has 0 aliphatic carbocycles. The lowest BCUT2D eigenvalue weighted by Crippen LogP contribution is -2.55. The van der Waals surface area contributed by atoms with Gasteiger partial charge >= 0.3 is 5.97 Å². The minimum atomic E-state index is -0.512. The van der Waals surface area contributed by atoms with Gasteiger partial charge in [0.05, 0.1) is 20.3 Å². The highest BCUT2D eigenvalue weighted by Crippen LogP contribution is 2.28. The summed E-state index contributed by atoms with van der Waals surface area (Å²) >= 11 is 0. The molecule has 32 heavy (non-hydrogen) atoms. The second-order valence-electron chi connectivity index (χ2n) is 7.67. The monoisotopic (exact) mass is 442 g/mol. The van der Waals surface area contributed by atoms with E-state index in [0.717, 1.165) is 5.56 Å². The van der Waals surface area contributed by atoms with Crippen LogP contribution in [0.4, 0.5) is 4.39 Å². The van der Waals surface area contributed by atoms with Gasteiger partial charge in [-0.15, -0.1) is 0 Å². The van der Waals surface area contributed by atoms with Crippen LogP contribution in [-0.2, 0) is 16.1 Å². The van der Waals surface area contributed by atoms with Gasteiger partial charge in [-0.05, 0) is 43.7 Å². The molecule has 1 aliphatic rings. The Morgan fingerprint density at radius 3 is 2.50 bits per heavy atom. The summed E-state index contributed by atoms with van der Waals surface area (Å²) in [6, 6.07) is 10.8. The summed E-state index contributed by atoms with van der Waals surface area (Å²) in [4.78, 5) is 27.9. The first kappa shape index (κ1) is 23.3. The fraction of sp³-hybridized carbons (Fsp3) is 0.375. The smallest absolute Gasteiger partial charge is 0.341 e. The summed E-state index contributed by atoms with van der Waals surface area (Å²) < 4.78 is 29.3. The van der Waals surface area contributed by atoms with Crippen LogP contribution >= 0.6 is 0 Å². The molecule has 0 aromatic heterocycles. The Balaban J connectivity index is 1.75. The summed E-state index contributed by atoms with van der Waals surface area (Å²) in [6.45, 7) is 5.15. The molecule has 7 nitrogen and oxygen atoms in total. The van der Waals surface area contributed by atoms with Crippen LogP contribution in [0.1, 0.15) is 29.8 Å². The van der Waals surface area contributed by atoms with E-state index in [1.54, 1.807) is 30.3 Å². The van der Waals surface area contributed by atoms with Crippen molar-refractivity contribution in [1.82, 2.24) is 9.80 Å². The predicted octanol–water partition coefficient (Wildman–Crippen LogP) is 3.27. The maximum Gasteiger partial charge on any atom is 0.341 e. The zero-order chi connectivity index (χ0) is 23.3. The van der Waals surface area contributed by atoms with Crippen molar-refractivity contribution in [3.63, 3.8) is 0 Å². The largest absolute Gasteiger partial charge is 0.497 e. The van der Waals surface area contributed by atoms with Crippen molar-refractivity contribution in [2.45, 2.75) is 32.5 Å². The van der Waals surface area contributed by atoms with Crippen LogP contribution in [0.15, 0.2) is 48.2 Å². The summed E-state index contributed by atoms with van der Waals surface area (Å²) in [5.41, 5.74) is 1.69. The number of hydrogen-bond donors (Lipinski definition) is 0. The van der Waals surface area contributed by atoms with E-state index in [9.17, 15) is 14.0 Å². The lowest BCUT2D eigenvalue weighted by atomic mass is 10.0. The van der Waals surface area contributed by atoms with Gasteiger partial charge in [0.2, 0.25) is 0 Å². The first-order valence-electron chi connectivity index (χ1n) is 10.3. The van der Waals surface area contributed by atoms with Gasteiger partial charge in [0, 0.05) is 25.2 Å². The number of halogens is 1. The summed E-state index contributed by atoms with van der Waals surface area (Å²) in [6.07, 6.45) is 0. The third-order valence-electron chi connectivity index (χ3n) is 5.63. The molecular weight excluding hydrogens is 415 g/mol. The lowest BCUT2D eigenvalue weighted by molar-refractivity contribution is 0.0275. The fourth-order valence-corrected chi connectivity index (χ4v) is 3.76. The highest BCUT2D eigenvalue weighted by Gasteiger charge is 2.34. The lowest BCUT2D eigenvalue weighted by Gasteiger charge is -2.45. The van der Waals surface area contributed by atoms with E-state index < -0.39 is 5.97 Å². The Morgan fingerprint density at radius 1 is 1.16 bits per heavy atom. The molecule has 1 heterocycles. The molecule has 0 saturated carbocycles. The van der Waals surface area contributed by atoms with Crippen molar-refractivity contribution in [3.05, 3.63) is 65.1 Å². The maximum atomic E-state index is 13.2. The van der Waals surface area contributed by atoms with Gasteiger partial charge in [-0.2, -0.15) is 0 Å². The molecule has 0 bridgehead atoms. The standard InChI is InChI=1S/C24H27FN2O5/c1-16-12-26(15-32-23-11-20(30-3)9-10-21(23)24(29)31-4)17(2)22(14-28)27(16)13-18-5-7-19(25)8-6-18/h5-11,16-17H,12-13,15H2,1-4H3/t16-,17+/m1/s1. The number of carbonyl (C=O) groups excluding carboxylic acids is 2. The minimum absolute atomic E-state index is 0.0123. The molecule has 8 heteroatoms. The van der Waals surface area contributed by atoms with E-state index >= 15 is 0 Å². The molecule has 2 aromatic rings. The second kappa shape index (κ2) is 10.3. The van der Waals surface area contributed by atoms with Crippen LogP contribution in [0.25, 0.3) is 0 Å². The van der Waals surface area contributed by atoms with Gasteiger partial charge in [-0.25, -0.2) is 14.0 Å². The number of hydrogen-bond acceptors (Lipinski definition) is 7. The summed E-state index contributed by atoms with van der Waals surface area (Å²) in [5.74, 6) is 2.15. The van der Waals surface area contributed by atoms with Crippen LogP contribution < -0.4 is 9.47 Å². The van der Waals surface area contributed by atoms with E-state index in [4.69, 9.17) is 14.2 Å². The predicted molar refractivity (Wildman–Crippen MR) is 117 cm³/mol. The quantitative estimate of drug-likeness (QED) is 0.482. The van der Waals surface area contributed by atoms with Gasteiger partial charge < -0.3 is 19.1 Å². The maximum absolute atomic E-state index is 13.2. The number of methoxy groups -OCH3 is 2. The van der Waals surface area contributed by atoms with Crippen LogP contribution in [0.3, 0.4) is 0 Å². The van der Waals surface area contributed by atoms with Crippen molar-refractivity contribution < 1.29 is 28.2 Å². The third-order valence-corrected chi connectivity index (χ3v) is 5.63. The molecule has 170 valence electrons. The molecule has 0 spiro atoms. The molecular formula is C24H27FN2O5. The summed E-state index contributed by atoms with van der Waals surface area (Å²) in [7, 11) is 2.84. The SMILES string of the molecule is COC(=O)c1ccc(OC)cc1OCN1C[C@@H](C)N(Cc2ccc(F)cc2)C(=C=O)[C@@H]1C. The van der Waals surface area contributed by atoms with E-state index in [-0.39, 0.29) is 30.2 Å². The Morgan fingerprint density at radius 2 is 1.88 bits per heavy atom. The van der Waals surface area contributed by atoms with Crippen LogP contribution in [0.5, 0.6) is 11.5 Å². The highest BCUT2D eigenvalue weighted by atomic mass is 19.1. The average molecular weight is 442 g/mol. The molecule has 1 saturated heterocycles. The average Bonchev–Trinajstić information content (AvgIpc) is 2.81. The van der Waals surface area contributed by atoms with Crippen LogP contribution in [0.2, 0.25) is 0 Å². The fourth-order valence-electron chi connectivity index (χ4n) is 3.76. The molecule has 2 atom stereocenters. The molecule has 1 fully saturated rings. The van der Waals surface area contributed by atoms with E-state index in [1.807, 2.05) is 23.6 Å². The zero-order valence-electron chi connectivity index (χ0n) is 18.6. The molecule has 0 N–H and O–H groups in total. The van der Waals surface area contributed by atoms with Crippen molar-refractivity contribution in [3.8, 4) is 11.5 Å². The number of carbonyl (C=O) groups is 1. The second-order valence-corrected chi connectivity index (χ2v) is 7.67. The number of benzene rings is 2. The van der Waals surface area contributed by atoms with Crippen molar-refractivity contribution in [1.29, 1.82) is 0 Å². The number of nitrogens with zero attached hydrogens (tertiary/aromatic N) is 2. The van der Waals surface area contributed by atoms with Gasteiger partial charge in [0.15, 0.2) is 0 Å². The molecule has 2 aromatic carbocycles. The van der Waals surface area contributed by atoms with E-state index in [0.29, 0.717) is 30.3 Å². The van der Waals surface area contributed by atoms with Crippen LogP contribution in [-0.4, -0.2) is 61.3 Å². The summed E-state index contributed by atoms with van der Waals surface area (Å²) in [5, 5.41) is 0. The zero-order valence-corrected chi connectivity index (χ0v) is 18.6. The number of piperazine rings is 1. The third kappa shape index (κ3) is 5.10. The van der Waals surface area contributed by atoms with Gasteiger partial charge in [-0.1, -0.05) is 12.1 Å². The molecule has 0 unspecified atom stereocenters. The molecule has 3 rings (SSSR count). The van der Waals surface area contributed by atoms with E-state index in [1.165, 1.54) is 26.4 Å². The van der Waals surface area contributed by atoms with Crippen molar-refractivity contribution in [2.24, 2.45) is 0 Å². The van der Waals surface area contributed by atoms with Crippen molar-refractivity contribution in [2.75, 3.05) is 27.5 Å². The molecule has 0 amide bonds. The topological polar surface area (TPSA) is 68.3 Å². The van der Waals surface area contributed by atoms with Gasteiger partial charge in [-0.3, -0.25) is 4.90 Å². The number of esters is 1.